The molecular weight excluding hydrogens is 370 g/mol. The minimum atomic E-state index is 0.588. The van der Waals surface area contributed by atoms with Crippen LogP contribution in [-0.4, -0.2) is 13.7 Å². The quantitative estimate of drug-likeness (QED) is 0.283. The molecule has 4 nitrogen and oxygen atoms in total. The van der Waals surface area contributed by atoms with E-state index in [4.69, 9.17) is 10.5 Å². The minimum Gasteiger partial charge on any atom is -0.497 e. The van der Waals surface area contributed by atoms with Gasteiger partial charge in [0.1, 0.15) is 5.75 Å². The molecule has 3 aromatic rings. The Bertz CT molecular complexity index is 1030. The number of allylic oxidation sites excluding steroid dienone is 1. The molecule has 0 unspecified atom stereocenters. The van der Waals surface area contributed by atoms with Crippen LogP contribution in [0.4, 0.5) is 11.4 Å². The summed E-state index contributed by atoms with van der Waals surface area (Å²) in [4.78, 5) is 0. The van der Waals surface area contributed by atoms with E-state index in [0.717, 1.165) is 40.2 Å². The van der Waals surface area contributed by atoms with Crippen molar-refractivity contribution in [1.29, 1.82) is 5.26 Å². The Hall–Kier alpha value is -3.71. The standard InChI is InChI=1S/C24H23N3O.C2H6/c1-3-27-24-12-9-19(18-5-4-6-22(14-18)28-2)15-23(24)20(16-25)13-17-7-10-21(26)11-8-17;1-2/h4-15,27H,3,26H2,1-2H3;1-2H3/b20-13+;. The topological polar surface area (TPSA) is 71.1 Å². The lowest BCUT2D eigenvalue weighted by Gasteiger charge is -2.13. The Morgan fingerprint density at radius 3 is 2.37 bits per heavy atom. The van der Waals surface area contributed by atoms with E-state index in [1.54, 1.807) is 7.11 Å². The lowest BCUT2D eigenvalue weighted by atomic mass is 9.96. The Morgan fingerprint density at radius 2 is 1.73 bits per heavy atom. The van der Waals surface area contributed by atoms with E-state index >= 15 is 0 Å². The summed E-state index contributed by atoms with van der Waals surface area (Å²) in [7, 11) is 1.65. The maximum atomic E-state index is 9.84. The Balaban J connectivity index is 0.00000155. The number of hydrogen-bond acceptors (Lipinski definition) is 4. The average Bonchev–Trinajstić information content (AvgIpc) is 2.80. The van der Waals surface area contributed by atoms with E-state index in [2.05, 4.69) is 17.5 Å². The molecule has 0 fully saturated rings. The molecule has 0 aromatic heterocycles. The van der Waals surface area contributed by atoms with Crippen LogP contribution in [0, 0.1) is 11.3 Å². The monoisotopic (exact) mass is 399 g/mol. The predicted molar refractivity (Wildman–Crippen MR) is 128 cm³/mol. The molecule has 0 amide bonds. The highest BCUT2D eigenvalue weighted by molar-refractivity contribution is 5.95. The highest BCUT2D eigenvalue weighted by atomic mass is 16.5. The van der Waals surface area contributed by atoms with Crippen LogP contribution < -0.4 is 15.8 Å². The maximum absolute atomic E-state index is 9.84. The van der Waals surface area contributed by atoms with Gasteiger partial charge in [-0.3, -0.25) is 0 Å². The van der Waals surface area contributed by atoms with Gasteiger partial charge in [-0.15, -0.1) is 0 Å². The Labute approximate surface area is 179 Å². The van der Waals surface area contributed by atoms with Gasteiger partial charge in [-0.05, 0) is 66.1 Å². The molecule has 0 saturated carbocycles. The van der Waals surface area contributed by atoms with E-state index in [0.29, 0.717) is 11.3 Å². The molecule has 3 N–H and O–H groups in total. The van der Waals surface area contributed by atoms with Gasteiger partial charge in [0, 0.05) is 23.5 Å². The van der Waals surface area contributed by atoms with Crippen LogP contribution in [0.1, 0.15) is 31.9 Å². The predicted octanol–water partition coefficient (Wildman–Crippen LogP) is 6.47. The van der Waals surface area contributed by atoms with Gasteiger partial charge >= 0.3 is 0 Å². The van der Waals surface area contributed by atoms with Gasteiger partial charge in [-0.1, -0.05) is 44.2 Å². The van der Waals surface area contributed by atoms with Crippen LogP contribution >= 0.6 is 0 Å². The second kappa shape index (κ2) is 11.3. The van der Waals surface area contributed by atoms with E-state index in [9.17, 15) is 5.26 Å². The van der Waals surface area contributed by atoms with Crippen molar-refractivity contribution in [2.75, 3.05) is 24.7 Å². The van der Waals surface area contributed by atoms with Crippen molar-refractivity contribution in [2.24, 2.45) is 0 Å². The van der Waals surface area contributed by atoms with Crippen molar-refractivity contribution in [1.82, 2.24) is 0 Å². The summed E-state index contributed by atoms with van der Waals surface area (Å²) in [6, 6.07) is 23.8. The minimum absolute atomic E-state index is 0.588. The maximum Gasteiger partial charge on any atom is 0.119 e. The van der Waals surface area contributed by atoms with Gasteiger partial charge in [-0.25, -0.2) is 0 Å². The highest BCUT2D eigenvalue weighted by Crippen LogP contribution is 2.32. The van der Waals surface area contributed by atoms with E-state index in [1.807, 2.05) is 87.5 Å². The zero-order valence-corrected chi connectivity index (χ0v) is 18.1. The molecule has 4 heteroatoms. The number of hydrogen-bond donors (Lipinski definition) is 2. The van der Waals surface area contributed by atoms with Crippen LogP contribution in [-0.2, 0) is 0 Å². The van der Waals surface area contributed by atoms with Gasteiger partial charge in [0.2, 0.25) is 0 Å². The summed E-state index contributed by atoms with van der Waals surface area (Å²) >= 11 is 0. The largest absolute Gasteiger partial charge is 0.497 e. The van der Waals surface area contributed by atoms with Crippen molar-refractivity contribution in [3.05, 3.63) is 77.9 Å². The average molecular weight is 400 g/mol. The number of nitrogen functional groups attached to an aromatic ring is 1. The number of benzene rings is 3. The van der Waals surface area contributed by atoms with Gasteiger partial charge in [-0.2, -0.15) is 5.26 Å². The number of nitriles is 1. The third kappa shape index (κ3) is 5.65. The third-order valence-corrected chi connectivity index (χ3v) is 4.45. The Morgan fingerprint density at radius 1 is 1.03 bits per heavy atom. The van der Waals surface area contributed by atoms with E-state index in [1.165, 1.54) is 0 Å². The van der Waals surface area contributed by atoms with Crippen LogP contribution in [0.15, 0.2) is 66.7 Å². The molecule has 0 spiro atoms. The summed E-state index contributed by atoms with van der Waals surface area (Å²) in [5.74, 6) is 0.799. The van der Waals surface area contributed by atoms with Crippen molar-refractivity contribution < 1.29 is 4.74 Å². The molecule has 0 atom stereocenters. The highest BCUT2D eigenvalue weighted by Gasteiger charge is 2.11. The fraction of sp³-hybridized carbons (Fsp3) is 0.192. The van der Waals surface area contributed by atoms with E-state index in [-0.39, 0.29) is 0 Å². The first kappa shape index (κ1) is 22.6. The molecule has 3 aromatic carbocycles. The SMILES string of the molecule is CC.CCNc1ccc(-c2cccc(OC)c2)cc1/C(C#N)=C/c1ccc(N)cc1. The first-order chi connectivity index (χ1) is 14.6. The van der Waals surface area contributed by atoms with Crippen LogP contribution in [0.5, 0.6) is 5.75 Å². The smallest absolute Gasteiger partial charge is 0.119 e. The molecule has 0 radical (unpaired) electrons. The van der Waals surface area contributed by atoms with Crippen LogP contribution in [0.2, 0.25) is 0 Å². The van der Waals surface area contributed by atoms with Crippen molar-refractivity contribution >= 4 is 23.0 Å². The number of ether oxygens (including phenoxy) is 1. The van der Waals surface area contributed by atoms with Crippen LogP contribution in [0.25, 0.3) is 22.8 Å². The summed E-state index contributed by atoms with van der Waals surface area (Å²) in [6.45, 7) is 6.81. The number of nitrogens with one attached hydrogen (secondary N) is 1. The van der Waals surface area contributed by atoms with Crippen molar-refractivity contribution in [3.63, 3.8) is 0 Å². The van der Waals surface area contributed by atoms with Gasteiger partial charge in [0.25, 0.3) is 0 Å². The van der Waals surface area contributed by atoms with Gasteiger partial charge in [0.15, 0.2) is 0 Å². The molecule has 0 bridgehead atoms. The third-order valence-electron chi connectivity index (χ3n) is 4.45. The lowest BCUT2D eigenvalue weighted by molar-refractivity contribution is 0.415. The molecule has 0 heterocycles. The second-order valence-electron chi connectivity index (χ2n) is 6.36. The van der Waals surface area contributed by atoms with Gasteiger partial charge < -0.3 is 15.8 Å². The number of nitrogens with zero attached hydrogens (tertiary/aromatic N) is 1. The number of methoxy groups -OCH3 is 1. The number of rotatable bonds is 6. The zero-order valence-electron chi connectivity index (χ0n) is 18.1. The van der Waals surface area contributed by atoms with Crippen LogP contribution in [0.3, 0.4) is 0 Å². The normalized spacial score (nSPS) is 10.4. The molecule has 0 saturated heterocycles. The molecule has 30 heavy (non-hydrogen) atoms. The van der Waals surface area contributed by atoms with E-state index < -0.39 is 0 Å². The molecule has 154 valence electrons. The summed E-state index contributed by atoms with van der Waals surface area (Å²) in [6.07, 6.45) is 1.88. The first-order valence-electron chi connectivity index (χ1n) is 10.1. The molecular formula is C26H29N3O. The molecule has 3 rings (SSSR count). The van der Waals surface area contributed by atoms with Gasteiger partial charge in [0.05, 0.1) is 18.8 Å². The summed E-state index contributed by atoms with van der Waals surface area (Å²) < 4.78 is 5.34. The molecule has 0 aliphatic heterocycles. The number of anilines is 2. The number of nitrogens with two attached hydrogens (primary N) is 1. The molecule has 0 aliphatic rings. The fourth-order valence-electron chi connectivity index (χ4n) is 3.02. The molecule has 0 aliphatic carbocycles. The fourth-order valence-corrected chi connectivity index (χ4v) is 3.02. The van der Waals surface area contributed by atoms with Crippen molar-refractivity contribution in [2.45, 2.75) is 20.8 Å². The summed E-state index contributed by atoms with van der Waals surface area (Å²) in [5, 5.41) is 13.2. The lowest BCUT2D eigenvalue weighted by Crippen LogP contribution is -2.00. The second-order valence-corrected chi connectivity index (χ2v) is 6.36. The summed E-state index contributed by atoms with van der Waals surface area (Å²) in [5.41, 5.74) is 11.8. The first-order valence-corrected chi connectivity index (χ1v) is 10.1. The Kier molecular flexibility index (Phi) is 8.53. The van der Waals surface area contributed by atoms with Crippen molar-refractivity contribution in [3.8, 4) is 22.9 Å². The zero-order chi connectivity index (χ0) is 21.9.